The van der Waals surface area contributed by atoms with E-state index >= 15 is 0 Å². The molecular weight excluding hydrogens is 267 g/mol. The summed E-state index contributed by atoms with van der Waals surface area (Å²) in [6, 6.07) is 14.7. The number of hydrogen-bond donors (Lipinski definition) is 0. The molecule has 0 aliphatic carbocycles. The van der Waals surface area contributed by atoms with Crippen LogP contribution < -0.4 is 0 Å². The molecule has 102 valence electrons. The Balaban J connectivity index is 2.00. The lowest BCUT2D eigenvalue weighted by Gasteiger charge is -2.00. The molecule has 0 spiro atoms. The zero-order valence-corrected chi connectivity index (χ0v) is 10.3. The van der Waals surface area contributed by atoms with Gasteiger partial charge in [-0.15, -0.1) is 0 Å². The SMILES string of the molecule is FC(F)(F)Cc1nc2cc(-c3ccccc3)ccc2o1. The topological polar surface area (TPSA) is 26.0 Å². The highest BCUT2D eigenvalue weighted by Crippen LogP contribution is 2.27. The average molecular weight is 277 g/mol. The first-order chi connectivity index (χ1) is 9.51. The highest BCUT2D eigenvalue weighted by atomic mass is 19.4. The molecule has 0 aliphatic heterocycles. The Kier molecular flexibility index (Phi) is 2.97. The first-order valence-electron chi connectivity index (χ1n) is 6.03. The highest BCUT2D eigenvalue weighted by molar-refractivity contribution is 5.80. The van der Waals surface area contributed by atoms with Crippen molar-refractivity contribution in [3.05, 3.63) is 54.4 Å². The van der Waals surface area contributed by atoms with E-state index in [0.717, 1.165) is 11.1 Å². The van der Waals surface area contributed by atoms with Crippen LogP contribution in [0.5, 0.6) is 0 Å². The van der Waals surface area contributed by atoms with Gasteiger partial charge in [-0.3, -0.25) is 0 Å². The molecule has 0 fully saturated rings. The van der Waals surface area contributed by atoms with Crippen LogP contribution in [0.4, 0.5) is 13.2 Å². The molecule has 0 radical (unpaired) electrons. The van der Waals surface area contributed by atoms with Gasteiger partial charge in [0.1, 0.15) is 11.9 Å². The van der Waals surface area contributed by atoms with E-state index < -0.39 is 12.6 Å². The molecule has 1 aromatic heterocycles. The van der Waals surface area contributed by atoms with Crippen molar-refractivity contribution < 1.29 is 17.6 Å². The molecule has 0 saturated heterocycles. The van der Waals surface area contributed by atoms with Gasteiger partial charge >= 0.3 is 6.18 Å². The minimum atomic E-state index is -4.32. The van der Waals surface area contributed by atoms with Crippen molar-refractivity contribution >= 4 is 11.1 Å². The maximum atomic E-state index is 12.3. The maximum Gasteiger partial charge on any atom is 0.397 e. The third-order valence-electron chi connectivity index (χ3n) is 2.89. The number of nitrogens with zero attached hydrogens (tertiary/aromatic N) is 1. The molecule has 1 heterocycles. The van der Waals surface area contributed by atoms with Gasteiger partial charge in [0.05, 0.1) is 0 Å². The van der Waals surface area contributed by atoms with E-state index in [4.69, 9.17) is 4.42 Å². The third-order valence-corrected chi connectivity index (χ3v) is 2.89. The minimum Gasteiger partial charge on any atom is -0.440 e. The molecule has 0 N–H and O–H groups in total. The summed E-state index contributed by atoms with van der Waals surface area (Å²) >= 11 is 0. The van der Waals surface area contributed by atoms with Crippen LogP contribution in [-0.2, 0) is 6.42 Å². The third kappa shape index (κ3) is 2.66. The lowest BCUT2D eigenvalue weighted by Crippen LogP contribution is -2.11. The van der Waals surface area contributed by atoms with Crippen molar-refractivity contribution in [3.8, 4) is 11.1 Å². The van der Waals surface area contributed by atoms with Crippen molar-refractivity contribution in [2.24, 2.45) is 0 Å². The number of aromatic nitrogens is 1. The summed E-state index contributed by atoms with van der Waals surface area (Å²) < 4.78 is 42.0. The summed E-state index contributed by atoms with van der Waals surface area (Å²) in [5.41, 5.74) is 2.68. The summed E-state index contributed by atoms with van der Waals surface area (Å²) in [5, 5.41) is 0. The molecule has 0 unspecified atom stereocenters. The Morgan fingerprint density at radius 1 is 0.950 bits per heavy atom. The fraction of sp³-hybridized carbons (Fsp3) is 0.133. The number of halogens is 3. The van der Waals surface area contributed by atoms with Crippen molar-refractivity contribution in [2.75, 3.05) is 0 Å². The van der Waals surface area contributed by atoms with E-state index in [9.17, 15) is 13.2 Å². The van der Waals surface area contributed by atoms with Crippen molar-refractivity contribution in [1.82, 2.24) is 4.98 Å². The Hall–Kier alpha value is -2.30. The standard InChI is InChI=1S/C15H10F3NO/c16-15(17,18)9-14-19-12-8-11(6-7-13(12)20-14)10-4-2-1-3-5-10/h1-8H,9H2. The van der Waals surface area contributed by atoms with Gasteiger partial charge in [-0.05, 0) is 23.3 Å². The summed E-state index contributed by atoms with van der Waals surface area (Å²) in [4.78, 5) is 3.90. The number of benzene rings is 2. The average Bonchev–Trinajstić information content (AvgIpc) is 2.78. The minimum absolute atomic E-state index is 0.308. The van der Waals surface area contributed by atoms with Crippen LogP contribution in [0.3, 0.4) is 0 Å². The van der Waals surface area contributed by atoms with Crippen LogP contribution in [0, 0.1) is 0 Å². The molecule has 5 heteroatoms. The van der Waals surface area contributed by atoms with E-state index in [2.05, 4.69) is 4.98 Å². The van der Waals surface area contributed by atoms with Crippen molar-refractivity contribution in [1.29, 1.82) is 0 Å². The number of oxazole rings is 1. The van der Waals surface area contributed by atoms with Crippen LogP contribution in [-0.4, -0.2) is 11.2 Å². The predicted octanol–water partition coefficient (Wildman–Crippen LogP) is 4.60. The van der Waals surface area contributed by atoms with Gasteiger partial charge < -0.3 is 4.42 Å². The van der Waals surface area contributed by atoms with Gasteiger partial charge in [0.25, 0.3) is 0 Å². The van der Waals surface area contributed by atoms with Gasteiger partial charge in [-0.25, -0.2) is 4.98 Å². The molecule has 20 heavy (non-hydrogen) atoms. The second-order valence-corrected chi connectivity index (χ2v) is 4.45. The fourth-order valence-electron chi connectivity index (χ4n) is 2.03. The molecule has 0 bridgehead atoms. The summed E-state index contributed by atoms with van der Waals surface area (Å²) in [6.45, 7) is 0. The van der Waals surface area contributed by atoms with E-state index in [1.807, 2.05) is 30.3 Å². The summed E-state index contributed by atoms with van der Waals surface area (Å²) in [5.74, 6) is -0.308. The molecular formula is C15H10F3NO. The zero-order valence-electron chi connectivity index (χ0n) is 10.3. The Morgan fingerprint density at radius 3 is 2.40 bits per heavy atom. The summed E-state index contributed by atoms with van der Waals surface area (Å²) in [7, 11) is 0. The quantitative estimate of drug-likeness (QED) is 0.684. The van der Waals surface area contributed by atoms with Crippen molar-refractivity contribution in [2.45, 2.75) is 12.6 Å². The fourth-order valence-corrected chi connectivity index (χ4v) is 2.03. The molecule has 0 amide bonds. The van der Waals surface area contributed by atoms with E-state index in [0.29, 0.717) is 11.1 Å². The van der Waals surface area contributed by atoms with Crippen LogP contribution in [0.15, 0.2) is 52.9 Å². The maximum absolute atomic E-state index is 12.3. The number of rotatable bonds is 2. The van der Waals surface area contributed by atoms with Crippen LogP contribution in [0.1, 0.15) is 5.89 Å². The molecule has 0 atom stereocenters. The van der Waals surface area contributed by atoms with E-state index in [-0.39, 0.29) is 5.89 Å². The van der Waals surface area contributed by atoms with Crippen molar-refractivity contribution in [3.63, 3.8) is 0 Å². The lowest BCUT2D eigenvalue weighted by molar-refractivity contribution is -0.130. The molecule has 0 aliphatic rings. The van der Waals surface area contributed by atoms with Crippen LogP contribution in [0.2, 0.25) is 0 Å². The summed E-state index contributed by atoms with van der Waals surface area (Å²) in [6.07, 6.45) is -5.47. The van der Waals surface area contributed by atoms with Gasteiger partial charge in [0.2, 0.25) is 5.89 Å². The number of hydrogen-bond acceptors (Lipinski definition) is 2. The Morgan fingerprint density at radius 2 is 1.70 bits per heavy atom. The Labute approximate surface area is 112 Å². The van der Waals surface area contributed by atoms with Gasteiger partial charge in [0, 0.05) is 0 Å². The zero-order chi connectivity index (χ0) is 14.2. The molecule has 3 rings (SSSR count). The lowest BCUT2D eigenvalue weighted by atomic mass is 10.1. The second-order valence-electron chi connectivity index (χ2n) is 4.45. The molecule has 2 aromatic carbocycles. The largest absolute Gasteiger partial charge is 0.440 e. The van der Waals surface area contributed by atoms with E-state index in [1.165, 1.54) is 0 Å². The van der Waals surface area contributed by atoms with Crippen LogP contribution in [0.25, 0.3) is 22.2 Å². The molecule has 2 nitrogen and oxygen atoms in total. The Bertz CT molecular complexity index is 732. The van der Waals surface area contributed by atoms with Crippen LogP contribution >= 0.6 is 0 Å². The van der Waals surface area contributed by atoms with E-state index in [1.54, 1.807) is 18.2 Å². The monoisotopic (exact) mass is 277 g/mol. The first kappa shape index (κ1) is 12.7. The second kappa shape index (κ2) is 4.67. The predicted molar refractivity (Wildman–Crippen MR) is 69.2 cm³/mol. The van der Waals surface area contributed by atoms with Gasteiger partial charge in [-0.1, -0.05) is 36.4 Å². The van der Waals surface area contributed by atoms with Gasteiger partial charge in [0.15, 0.2) is 5.58 Å². The smallest absolute Gasteiger partial charge is 0.397 e. The number of alkyl halides is 3. The van der Waals surface area contributed by atoms with Gasteiger partial charge in [-0.2, -0.15) is 13.2 Å². The number of fused-ring (bicyclic) bond motifs is 1. The molecule has 3 aromatic rings. The first-order valence-corrected chi connectivity index (χ1v) is 6.03. The molecule has 0 saturated carbocycles. The normalized spacial score (nSPS) is 11.9. The highest BCUT2D eigenvalue weighted by Gasteiger charge is 2.30.